The van der Waals surface area contributed by atoms with E-state index in [1.54, 1.807) is 26.0 Å². The fourth-order valence-corrected chi connectivity index (χ4v) is 2.27. The highest BCUT2D eigenvalue weighted by atomic mass is 16.5. The van der Waals surface area contributed by atoms with E-state index in [-0.39, 0.29) is 6.04 Å². The first kappa shape index (κ1) is 15.1. The first-order chi connectivity index (χ1) is 10.2. The number of hydrogen-bond acceptors (Lipinski definition) is 6. The number of aromatic nitrogens is 2. The molecule has 21 heavy (non-hydrogen) atoms. The minimum absolute atomic E-state index is 0.319. The molecule has 0 saturated carbocycles. The Bertz CT molecular complexity index is 612. The molecule has 0 bridgehead atoms. The van der Waals surface area contributed by atoms with Crippen molar-refractivity contribution >= 4 is 0 Å². The van der Waals surface area contributed by atoms with Crippen LogP contribution in [0.15, 0.2) is 24.4 Å². The second-order valence-corrected chi connectivity index (χ2v) is 4.44. The van der Waals surface area contributed by atoms with Crippen LogP contribution >= 0.6 is 0 Å². The Morgan fingerprint density at radius 1 is 1.10 bits per heavy atom. The van der Waals surface area contributed by atoms with E-state index in [0.29, 0.717) is 17.2 Å². The van der Waals surface area contributed by atoms with Gasteiger partial charge in [0.05, 0.1) is 33.1 Å². The summed E-state index contributed by atoms with van der Waals surface area (Å²) in [4.78, 5) is 0. The lowest BCUT2D eigenvalue weighted by Gasteiger charge is -2.20. The van der Waals surface area contributed by atoms with Gasteiger partial charge < -0.3 is 14.2 Å². The predicted molar refractivity (Wildman–Crippen MR) is 78.5 cm³/mol. The van der Waals surface area contributed by atoms with Crippen LogP contribution in [0.5, 0.6) is 17.2 Å². The summed E-state index contributed by atoms with van der Waals surface area (Å²) in [5.74, 6) is 7.38. The van der Waals surface area contributed by atoms with Gasteiger partial charge in [0.2, 0.25) is 5.75 Å². The Kier molecular flexibility index (Phi) is 4.66. The molecule has 0 saturated heterocycles. The van der Waals surface area contributed by atoms with Crippen LogP contribution in [0, 0.1) is 0 Å². The van der Waals surface area contributed by atoms with Crippen LogP contribution < -0.4 is 25.5 Å². The molecule has 0 fully saturated rings. The van der Waals surface area contributed by atoms with Gasteiger partial charge in [-0.1, -0.05) is 0 Å². The Hall–Kier alpha value is -2.25. The standard InChI is InChI=1S/C14H20N4O3/c1-18-8-7-10(17-18)12(16-15)9-5-6-11(19-2)14(21-4)13(9)20-3/h5-8,12,16H,15H2,1-4H3. The van der Waals surface area contributed by atoms with Gasteiger partial charge in [-0.15, -0.1) is 0 Å². The molecule has 0 radical (unpaired) electrons. The quantitative estimate of drug-likeness (QED) is 0.610. The van der Waals surface area contributed by atoms with Crippen LogP contribution in [0.4, 0.5) is 0 Å². The SMILES string of the molecule is COc1ccc(C(NN)c2ccn(C)n2)c(OC)c1OC. The van der Waals surface area contributed by atoms with Crippen molar-refractivity contribution < 1.29 is 14.2 Å². The van der Waals surface area contributed by atoms with Gasteiger partial charge >= 0.3 is 0 Å². The number of hydrogen-bond donors (Lipinski definition) is 2. The normalized spacial score (nSPS) is 12.0. The maximum atomic E-state index is 5.70. The molecular formula is C14H20N4O3. The first-order valence-electron chi connectivity index (χ1n) is 6.40. The number of rotatable bonds is 6. The van der Waals surface area contributed by atoms with E-state index in [2.05, 4.69) is 10.5 Å². The monoisotopic (exact) mass is 292 g/mol. The van der Waals surface area contributed by atoms with Gasteiger partial charge in [-0.25, -0.2) is 5.43 Å². The van der Waals surface area contributed by atoms with Gasteiger partial charge in [-0.05, 0) is 18.2 Å². The minimum Gasteiger partial charge on any atom is -0.493 e. The lowest BCUT2D eigenvalue weighted by Crippen LogP contribution is -2.29. The second kappa shape index (κ2) is 6.47. The van der Waals surface area contributed by atoms with Crippen LogP contribution in [-0.2, 0) is 7.05 Å². The molecule has 7 heteroatoms. The molecule has 0 aliphatic rings. The summed E-state index contributed by atoms with van der Waals surface area (Å²) < 4.78 is 17.9. The van der Waals surface area contributed by atoms with E-state index in [9.17, 15) is 0 Å². The van der Waals surface area contributed by atoms with E-state index >= 15 is 0 Å². The molecule has 1 aromatic heterocycles. The van der Waals surface area contributed by atoms with Crippen molar-refractivity contribution in [2.75, 3.05) is 21.3 Å². The molecule has 0 aliphatic heterocycles. The van der Waals surface area contributed by atoms with Crippen LogP contribution in [0.2, 0.25) is 0 Å². The van der Waals surface area contributed by atoms with Gasteiger partial charge in [-0.2, -0.15) is 5.10 Å². The lowest BCUT2D eigenvalue weighted by molar-refractivity contribution is 0.320. The van der Waals surface area contributed by atoms with Crippen molar-refractivity contribution in [3.63, 3.8) is 0 Å². The highest BCUT2D eigenvalue weighted by Crippen LogP contribution is 2.42. The molecule has 1 unspecified atom stereocenters. The van der Waals surface area contributed by atoms with Crippen LogP contribution in [-0.4, -0.2) is 31.1 Å². The highest BCUT2D eigenvalue weighted by Gasteiger charge is 2.24. The number of hydrazine groups is 1. The van der Waals surface area contributed by atoms with Crippen molar-refractivity contribution in [1.82, 2.24) is 15.2 Å². The summed E-state index contributed by atoms with van der Waals surface area (Å²) in [5, 5.41) is 4.38. The summed E-state index contributed by atoms with van der Waals surface area (Å²) in [6.07, 6.45) is 1.85. The van der Waals surface area contributed by atoms with Crippen molar-refractivity contribution in [2.24, 2.45) is 12.9 Å². The summed E-state index contributed by atoms with van der Waals surface area (Å²) in [6.45, 7) is 0. The molecule has 3 N–H and O–H groups in total. The van der Waals surface area contributed by atoms with Crippen LogP contribution in [0.25, 0.3) is 0 Å². The molecule has 0 amide bonds. The minimum atomic E-state index is -0.319. The van der Waals surface area contributed by atoms with Crippen LogP contribution in [0.1, 0.15) is 17.3 Å². The molecule has 0 aliphatic carbocycles. The first-order valence-corrected chi connectivity index (χ1v) is 6.40. The topological polar surface area (TPSA) is 83.6 Å². The Morgan fingerprint density at radius 2 is 1.81 bits per heavy atom. The van der Waals surface area contributed by atoms with Crippen molar-refractivity contribution in [1.29, 1.82) is 0 Å². The molecule has 114 valence electrons. The number of ether oxygens (including phenoxy) is 3. The molecule has 1 heterocycles. The maximum Gasteiger partial charge on any atom is 0.203 e. The molecule has 2 rings (SSSR count). The third-order valence-corrected chi connectivity index (χ3v) is 3.24. The Labute approximate surface area is 123 Å². The third-order valence-electron chi connectivity index (χ3n) is 3.24. The highest BCUT2D eigenvalue weighted by molar-refractivity contribution is 5.57. The summed E-state index contributed by atoms with van der Waals surface area (Å²) in [7, 11) is 6.57. The molecular weight excluding hydrogens is 272 g/mol. The summed E-state index contributed by atoms with van der Waals surface area (Å²) >= 11 is 0. The van der Waals surface area contributed by atoms with E-state index in [1.807, 2.05) is 31.4 Å². The number of nitrogens with one attached hydrogen (secondary N) is 1. The molecule has 0 spiro atoms. The molecule has 1 aromatic carbocycles. The zero-order valence-corrected chi connectivity index (χ0v) is 12.6. The number of benzene rings is 1. The van der Waals surface area contributed by atoms with Gasteiger partial charge in [0.15, 0.2) is 11.5 Å². The van der Waals surface area contributed by atoms with Crippen molar-refractivity contribution in [2.45, 2.75) is 6.04 Å². The summed E-state index contributed by atoms with van der Waals surface area (Å²) in [5.41, 5.74) is 4.36. The van der Waals surface area contributed by atoms with E-state index in [4.69, 9.17) is 20.1 Å². The zero-order chi connectivity index (χ0) is 15.4. The second-order valence-electron chi connectivity index (χ2n) is 4.44. The molecule has 2 aromatic rings. The van der Waals surface area contributed by atoms with E-state index in [0.717, 1.165) is 11.3 Å². The van der Waals surface area contributed by atoms with Gasteiger partial charge in [0.1, 0.15) is 0 Å². The maximum absolute atomic E-state index is 5.70. The van der Waals surface area contributed by atoms with Gasteiger partial charge in [0.25, 0.3) is 0 Å². The zero-order valence-electron chi connectivity index (χ0n) is 12.6. The molecule has 7 nitrogen and oxygen atoms in total. The average molecular weight is 292 g/mol. The van der Waals surface area contributed by atoms with E-state index < -0.39 is 0 Å². The lowest BCUT2D eigenvalue weighted by atomic mass is 10.0. The smallest absolute Gasteiger partial charge is 0.203 e. The fourth-order valence-electron chi connectivity index (χ4n) is 2.27. The van der Waals surface area contributed by atoms with Crippen LogP contribution in [0.3, 0.4) is 0 Å². The van der Waals surface area contributed by atoms with Gasteiger partial charge in [0, 0.05) is 18.8 Å². The average Bonchev–Trinajstić information content (AvgIpc) is 2.93. The van der Waals surface area contributed by atoms with Crippen molar-refractivity contribution in [3.8, 4) is 17.2 Å². The summed E-state index contributed by atoms with van der Waals surface area (Å²) in [6, 6.07) is 5.25. The Balaban J connectivity index is 2.55. The number of nitrogens with two attached hydrogens (primary N) is 1. The third kappa shape index (κ3) is 2.79. The largest absolute Gasteiger partial charge is 0.493 e. The Morgan fingerprint density at radius 3 is 2.29 bits per heavy atom. The van der Waals surface area contributed by atoms with Gasteiger partial charge in [-0.3, -0.25) is 10.5 Å². The number of methoxy groups -OCH3 is 3. The predicted octanol–water partition coefficient (Wildman–Crippen LogP) is 0.999. The van der Waals surface area contributed by atoms with Crippen molar-refractivity contribution in [3.05, 3.63) is 35.7 Å². The number of aryl methyl sites for hydroxylation is 1. The fraction of sp³-hybridized carbons (Fsp3) is 0.357. The number of nitrogens with zero attached hydrogens (tertiary/aromatic N) is 2. The van der Waals surface area contributed by atoms with E-state index in [1.165, 1.54) is 0 Å². The molecule has 1 atom stereocenters.